The Morgan fingerprint density at radius 1 is 1.45 bits per heavy atom. The first-order valence-corrected chi connectivity index (χ1v) is 3.59. The predicted octanol–water partition coefficient (Wildman–Crippen LogP) is -0.172. The zero-order valence-electron chi connectivity index (χ0n) is 6.92. The molecule has 68 valence electrons. The van der Waals surface area contributed by atoms with E-state index >= 15 is 0 Å². The average Bonchev–Trinajstić information content (AvgIpc) is 1.88. The third kappa shape index (κ3) is 8.22. The standard InChI is InChI=1S/C7H14O3.Bi.3H/c1-2-3-4-5-6(8)7(9)10;;;;/h6,8H,2-5H2,1H3,(H,9,10);;;;. The Labute approximate surface area is 85.9 Å². The van der Waals surface area contributed by atoms with Crippen molar-refractivity contribution in [3.05, 3.63) is 0 Å². The van der Waals surface area contributed by atoms with Crippen LogP contribution in [-0.4, -0.2) is 48.5 Å². The zero-order chi connectivity index (χ0) is 7.98. The Balaban J connectivity index is 0. The molecule has 4 heteroatoms. The van der Waals surface area contributed by atoms with E-state index in [1.165, 1.54) is 0 Å². The average molecular weight is 358 g/mol. The molecule has 2 N–H and O–H groups in total. The normalized spacial score (nSPS) is 11.8. The number of rotatable bonds is 5. The van der Waals surface area contributed by atoms with Gasteiger partial charge in [-0.3, -0.25) is 0 Å². The zero-order valence-corrected chi connectivity index (χ0v) is 12.4. The van der Waals surface area contributed by atoms with E-state index in [4.69, 9.17) is 10.2 Å². The van der Waals surface area contributed by atoms with Gasteiger partial charge in [0.1, 0.15) is 0 Å². The van der Waals surface area contributed by atoms with Gasteiger partial charge in [0, 0.05) is 0 Å². The van der Waals surface area contributed by atoms with E-state index in [9.17, 15) is 4.79 Å². The van der Waals surface area contributed by atoms with Gasteiger partial charge in [-0.15, -0.1) is 0 Å². The first-order chi connectivity index (χ1) is 4.68. The van der Waals surface area contributed by atoms with Gasteiger partial charge in [-0.2, -0.15) is 0 Å². The quantitative estimate of drug-likeness (QED) is 0.530. The maximum absolute atomic E-state index is 10.0. The first kappa shape index (κ1) is 13.9. The molecule has 11 heavy (non-hydrogen) atoms. The first-order valence-electron chi connectivity index (χ1n) is 3.59. The van der Waals surface area contributed by atoms with Gasteiger partial charge >= 0.3 is 32.2 Å². The monoisotopic (exact) mass is 358 g/mol. The van der Waals surface area contributed by atoms with Gasteiger partial charge in [-0.05, 0) is 6.42 Å². The van der Waals surface area contributed by atoms with Crippen LogP contribution >= 0.6 is 0 Å². The van der Waals surface area contributed by atoms with Gasteiger partial charge in [-0.1, -0.05) is 26.2 Å². The molecule has 1 unspecified atom stereocenters. The molecule has 0 heterocycles. The summed E-state index contributed by atoms with van der Waals surface area (Å²) in [6, 6.07) is 0. The summed E-state index contributed by atoms with van der Waals surface area (Å²) in [5.74, 6) is -1.11. The number of carboxylic acids is 1. The molecule has 0 radical (unpaired) electrons. The predicted molar refractivity (Wildman–Crippen MR) is 47.7 cm³/mol. The molecule has 0 spiro atoms. The maximum atomic E-state index is 10.0. The van der Waals surface area contributed by atoms with Crippen LogP contribution in [0.5, 0.6) is 0 Å². The summed E-state index contributed by atoms with van der Waals surface area (Å²) >= 11 is 0. The van der Waals surface area contributed by atoms with Crippen LogP contribution in [0.4, 0.5) is 0 Å². The third-order valence-electron chi connectivity index (χ3n) is 1.37. The molecular weight excluding hydrogens is 341 g/mol. The van der Waals surface area contributed by atoms with E-state index in [0.29, 0.717) is 6.42 Å². The van der Waals surface area contributed by atoms with Crippen LogP contribution in [0.15, 0.2) is 0 Å². The molecule has 0 aliphatic heterocycles. The van der Waals surface area contributed by atoms with E-state index < -0.39 is 12.1 Å². The Bertz CT molecular complexity index is 106. The van der Waals surface area contributed by atoms with Crippen molar-refractivity contribution in [2.24, 2.45) is 0 Å². The number of unbranched alkanes of at least 4 members (excludes halogenated alkanes) is 2. The number of hydrogen-bond acceptors (Lipinski definition) is 2. The van der Waals surface area contributed by atoms with E-state index in [-0.39, 0.29) is 26.2 Å². The van der Waals surface area contributed by atoms with Crippen LogP contribution in [0, 0.1) is 0 Å². The van der Waals surface area contributed by atoms with Crippen LogP contribution in [0.25, 0.3) is 0 Å². The van der Waals surface area contributed by atoms with Gasteiger partial charge in [0.25, 0.3) is 0 Å². The number of aliphatic hydroxyl groups is 1. The molecule has 0 saturated heterocycles. The number of hydrogen-bond donors (Lipinski definition) is 2. The molecule has 0 aromatic rings. The molecule has 0 saturated carbocycles. The Morgan fingerprint density at radius 2 is 2.00 bits per heavy atom. The van der Waals surface area contributed by atoms with Crippen LogP contribution in [0.2, 0.25) is 0 Å². The summed E-state index contributed by atoms with van der Waals surface area (Å²) < 4.78 is 0. The molecule has 0 amide bonds. The van der Waals surface area contributed by atoms with Crippen molar-refractivity contribution in [1.29, 1.82) is 0 Å². The fraction of sp³-hybridized carbons (Fsp3) is 0.857. The fourth-order valence-electron chi connectivity index (χ4n) is 0.711. The molecule has 1 atom stereocenters. The summed E-state index contributed by atoms with van der Waals surface area (Å²) in [6.45, 7) is 2.03. The molecule has 0 aliphatic carbocycles. The number of aliphatic hydroxyl groups excluding tert-OH is 1. The van der Waals surface area contributed by atoms with Crippen LogP contribution in [0.1, 0.15) is 32.6 Å². The van der Waals surface area contributed by atoms with Crippen LogP contribution in [0.3, 0.4) is 0 Å². The summed E-state index contributed by atoms with van der Waals surface area (Å²) in [6.07, 6.45) is 2.05. The van der Waals surface area contributed by atoms with Gasteiger partial charge in [0.05, 0.1) is 0 Å². The van der Waals surface area contributed by atoms with Crippen molar-refractivity contribution >= 4 is 32.2 Å². The van der Waals surface area contributed by atoms with Gasteiger partial charge in [0.15, 0.2) is 6.10 Å². The molecule has 3 nitrogen and oxygen atoms in total. The van der Waals surface area contributed by atoms with Crippen molar-refractivity contribution < 1.29 is 15.0 Å². The second-order valence-corrected chi connectivity index (χ2v) is 2.35. The van der Waals surface area contributed by atoms with E-state index in [1.54, 1.807) is 0 Å². The number of aliphatic carboxylic acids is 1. The second kappa shape index (κ2) is 8.41. The summed E-state index contributed by atoms with van der Waals surface area (Å²) in [7, 11) is 0. The minimum atomic E-state index is -1.16. The molecule has 0 rings (SSSR count). The summed E-state index contributed by atoms with van der Waals surface area (Å²) in [5.41, 5.74) is 0. The Kier molecular flexibility index (Phi) is 10.6. The molecular formula is C7H17BiO3. The van der Waals surface area contributed by atoms with Crippen molar-refractivity contribution in [3.8, 4) is 0 Å². The van der Waals surface area contributed by atoms with E-state index in [0.717, 1.165) is 19.3 Å². The van der Waals surface area contributed by atoms with Gasteiger partial charge in [0.2, 0.25) is 0 Å². The molecule has 0 aromatic carbocycles. The Morgan fingerprint density at radius 3 is 2.36 bits per heavy atom. The van der Waals surface area contributed by atoms with E-state index in [2.05, 4.69) is 0 Å². The SMILES string of the molecule is CCCCCC(O)C(=O)O.[BiH3]. The molecule has 0 aromatic heterocycles. The van der Waals surface area contributed by atoms with Crippen molar-refractivity contribution in [2.45, 2.75) is 38.7 Å². The fourth-order valence-corrected chi connectivity index (χ4v) is 0.711. The second-order valence-electron chi connectivity index (χ2n) is 2.35. The van der Waals surface area contributed by atoms with Crippen molar-refractivity contribution in [2.75, 3.05) is 0 Å². The van der Waals surface area contributed by atoms with Crippen LogP contribution < -0.4 is 0 Å². The summed E-state index contributed by atoms with van der Waals surface area (Å²) in [4.78, 5) is 10.0. The number of carbonyl (C=O) groups is 1. The molecule has 0 bridgehead atoms. The number of carboxylic acid groups (broad SMARTS) is 1. The van der Waals surface area contributed by atoms with Gasteiger partial charge in [-0.25, -0.2) is 4.79 Å². The van der Waals surface area contributed by atoms with Crippen LogP contribution in [-0.2, 0) is 4.79 Å². The van der Waals surface area contributed by atoms with Crippen molar-refractivity contribution in [1.82, 2.24) is 0 Å². The van der Waals surface area contributed by atoms with E-state index in [1.807, 2.05) is 6.92 Å². The topological polar surface area (TPSA) is 57.5 Å². The van der Waals surface area contributed by atoms with Gasteiger partial charge < -0.3 is 10.2 Å². The van der Waals surface area contributed by atoms with Crippen molar-refractivity contribution in [3.63, 3.8) is 0 Å². The third-order valence-corrected chi connectivity index (χ3v) is 1.37. The molecule has 0 fully saturated rings. The summed E-state index contributed by atoms with van der Waals surface area (Å²) in [5, 5.41) is 17.0. The minimum absolute atomic E-state index is 0. The molecule has 0 aliphatic rings. The Hall–Kier alpha value is 0.313.